The first-order chi connectivity index (χ1) is 7.24. The normalized spacial score (nSPS) is 10.6. The molecule has 2 aromatic rings. The molecular weight excluding hydrogens is 210 g/mol. The summed E-state index contributed by atoms with van der Waals surface area (Å²) in [4.78, 5) is 10.8. The molecule has 2 rings (SSSR count). The highest BCUT2D eigenvalue weighted by atomic mass is 32.1. The van der Waals surface area contributed by atoms with Crippen LogP contribution in [0, 0.1) is 6.92 Å². The Kier molecular flexibility index (Phi) is 2.73. The summed E-state index contributed by atoms with van der Waals surface area (Å²) >= 11 is 1.65. The summed E-state index contributed by atoms with van der Waals surface area (Å²) in [6.45, 7) is 4.62. The third-order valence-electron chi connectivity index (χ3n) is 1.99. The highest BCUT2D eigenvalue weighted by molar-refractivity contribution is 7.18. The number of ether oxygens (including phenoxy) is 1. The Labute approximate surface area is 92.3 Å². The van der Waals surface area contributed by atoms with Gasteiger partial charge in [0.1, 0.15) is 4.83 Å². The van der Waals surface area contributed by atoms with Gasteiger partial charge in [-0.25, -0.2) is 4.98 Å². The van der Waals surface area contributed by atoms with Crippen LogP contribution >= 0.6 is 11.3 Å². The van der Waals surface area contributed by atoms with Crippen LogP contribution in [0.15, 0.2) is 6.07 Å². The van der Waals surface area contributed by atoms with Gasteiger partial charge >= 0.3 is 0 Å². The smallest absolute Gasteiger partial charge is 0.227 e. The Balaban J connectivity index is 2.62. The maximum absolute atomic E-state index is 5.49. The van der Waals surface area contributed by atoms with Crippen molar-refractivity contribution >= 4 is 27.5 Å². The van der Waals surface area contributed by atoms with E-state index in [1.54, 1.807) is 18.4 Å². The fourth-order valence-corrected chi connectivity index (χ4v) is 2.24. The third-order valence-corrected chi connectivity index (χ3v) is 2.93. The zero-order valence-corrected chi connectivity index (χ0v) is 9.81. The van der Waals surface area contributed by atoms with Crippen LogP contribution < -0.4 is 10.1 Å². The van der Waals surface area contributed by atoms with E-state index in [9.17, 15) is 0 Å². The minimum absolute atomic E-state index is 0.604. The van der Waals surface area contributed by atoms with Crippen LogP contribution in [0.4, 0.5) is 5.95 Å². The molecule has 2 heterocycles. The van der Waals surface area contributed by atoms with E-state index in [1.807, 2.05) is 6.92 Å². The summed E-state index contributed by atoms with van der Waals surface area (Å²) in [5.74, 6) is 1.27. The molecule has 1 N–H and O–H groups in total. The second-order valence-electron chi connectivity index (χ2n) is 3.11. The Morgan fingerprint density at radius 2 is 2.27 bits per heavy atom. The van der Waals surface area contributed by atoms with Gasteiger partial charge in [-0.2, -0.15) is 4.98 Å². The van der Waals surface area contributed by atoms with E-state index in [1.165, 1.54) is 4.88 Å². The molecule has 0 saturated heterocycles. The minimum Gasteiger partial charge on any atom is -0.477 e. The average molecular weight is 223 g/mol. The molecule has 0 spiro atoms. The van der Waals surface area contributed by atoms with Gasteiger partial charge in [-0.1, -0.05) is 0 Å². The molecule has 0 radical (unpaired) electrons. The second kappa shape index (κ2) is 4.02. The molecule has 0 unspecified atom stereocenters. The first-order valence-corrected chi connectivity index (χ1v) is 5.65. The second-order valence-corrected chi connectivity index (χ2v) is 4.35. The summed E-state index contributed by atoms with van der Waals surface area (Å²) in [5, 5.41) is 3.93. The number of rotatable bonds is 3. The number of anilines is 1. The van der Waals surface area contributed by atoms with Crippen molar-refractivity contribution in [1.29, 1.82) is 0 Å². The molecule has 0 saturated carbocycles. The molecule has 0 aliphatic rings. The van der Waals surface area contributed by atoms with Gasteiger partial charge < -0.3 is 10.1 Å². The maximum atomic E-state index is 5.49. The minimum atomic E-state index is 0.604. The van der Waals surface area contributed by atoms with Gasteiger partial charge in [0.2, 0.25) is 11.8 Å². The molecule has 80 valence electrons. The van der Waals surface area contributed by atoms with Crippen LogP contribution in [-0.2, 0) is 0 Å². The number of fused-ring (bicyclic) bond motifs is 1. The SMILES string of the molecule is CCOc1nc(NC)nc2sc(C)cc12. The zero-order valence-electron chi connectivity index (χ0n) is 9.00. The van der Waals surface area contributed by atoms with E-state index in [0.717, 1.165) is 10.2 Å². The molecule has 0 bridgehead atoms. The van der Waals surface area contributed by atoms with Gasteiger partial charge in [-0.3, -0.25) is 0 Å². The van der Waals surface area contributed by atoms with Crippen molar-refractivity contribution in [2.45, 2.75) is 13.8 Å². The first kappa shape index (κ1) is 10.2. The summed E-state index contributed by atoms with van der Waals surface area (Å²) in [6, 6.07) is 2.06. The van der Waals surface area contributed by atoms with Gasteiger partial charge in [-0.05, 0) is 19.9 Å². The summed E-state index contributed by atoms with van der Waals surface area (Å²) in [7, 11) is 1.80. The van der Waals surface area contributed by atoms with E-state index < -0.39 is 0 Å². The molecule has 5 heteroatoms. The summed E-state index contributed by atoms with van der Waals surface area (Å²) in [5.41, 5.74) is 0. The number of aromatic nitrogens is 2. The molecule has 0 aliphatic heterocycles. The Morgan fingerprint density at radius 1 is 1.47 bits per heavy atom. The molecular formula is C10H13N3OS. The van der Waals surface area contributed by atoms with E-state index >= 15 is 0 Å². The van der Waals surface area contributed by atoms with Crippen molar-refractivity contribution in [3.63, 3.8) is 0 Å². The third kappa shape index (κ3) is 1.87. The lowest BCUT2D eigenvalue weighted by molar-refractivity contribution is 0.331. The van der Waals surface area contributed by atoms with Crippen molar-refractivity contribution in [2.75, 3.05) is 19.0 Å². The molecule has 4 nitrogen and oxygen atoms in total. The quantitative estimate of drug-likeness (QED) is 0.868. The number of nitrogens with one attached hydrogen (secondary N) is 1. The predicted octanol–water partition coefficient (Wildman–Crippen LogP) is 2.44. The number of thiophene rings is 1. The monoisotopic (exact) mass is 223 g/mol. The standard InChI is InChI=1S/C10H13N3OS/c1-4-14-8-7-5-6(2)15-9(7)13-10(11-3)12-8/h5H,4H2,1-3H3,(H,11,12,13). The average Bonchev–Trinajstić information content (AvgIpc) is 2.58. The van der Waals surface area contributed by atoms with E-state index in [-0.39, 0.29) is 0 Å². The van der Waals surface area contributed by atoms with Crippen molar-refractivity contribution in [3.8, 4) is 5.88 Å². The first-order valence-electron chi connectivity index (χ1n) is 4.83. The van der Waals surface area contributed by atoms with Crippen LogP contribution in [0.2, 0.25) is 0 Å². The highest BCUT2D eigenvalue weighted by Gasteiger charge is 2.10. The Morgan fingerprint density at radius 3 is 2.93 bits per heavy atom. The lowest BCUT2D eigenvalue weighted by Gasteiger charge is -2.05. The van der Waals surface area contributed by atoms with Gasteiger partial charge in [0, 0.05) is 11.9 Å². The number of nitrogens with zero attached hydrogens (tertiary/aromatic N) is 2. The summed E-state index contributed by atoms with van der Waals surface area (Å²) in [6.07, 6.45) is 0. The van der Waals surface area contributed by atoms with Crippen molar-refractivity contribution < 1.29 is 4.74 Å². The molecule has 0 amide bonds. The molecule has 0 aromatic carbocycles. The largest absolute Gasteiger partial charge is 0.477 e. The van der Waals surface area contributed by atoms with Gasteiger partial charge in [0.15, 0.2) is 0 Å². The molecule has 0 fully saturated rings. The number of hydrogen-bond donors (Lipinski definition) is 1. The van der Waals surface area contributed by atoms with Gasteiger partial charge in [0.05, 0.1) is 12.0 Å². The fraction of sp³-hybridized carbons (Fsp3) is 0.400. The van der Waals surface area contributed by atoms with Crippen molar-refractivity contribution in [1.82, 2.24) is 9.97 Å². The topological polar surface area (TPSA) is 47.0 Å². The van der Waals surface area contributed by atoms with Crippen LogP contribution in [0.5, 0.6) is 5.88 Å². The van der Waals surface area contributed by atoms with Crippen molar-refractivity contribution in [2.24, 2.45) is 0 Å². The van der Waals surface area contributed by atoms with E-state index in [4.69, 9.17) is 4.74 Å². The van der Waals surface area contributed by atoms with Crippen LogP contribution in [0.25, 0.3) is 10.2 Å². The Bertz CT molecular complexity index is 481. The van der Waals surface area contributed by atoms with Crippen LogP contribution in [0.3, 0.4) is 0 Å². The molecule has 15 heavy (non-hydrogen) atoms. The van der Waals surface area contributed by atoms with Gasteiger partial charge in [-0.15, -0.1) is 11.3 Å². The van der Waals surface area contributed by atoms with Gasteiger partial charge in [0.25, 0.3) is 0 Å². The number of hydrogen-bond acceptors (Lipinski definition) is 5. The number of aryl methyl sites for hydroxylation is 1. The Hall–Kier alpha value is -1.36. The van der Waals surface area contributed by atoms with E-state index in [0.29, 0.717) is 18.4 Å². The van der Waals surface area contributed by atoms with Crippen molar-refractivity contribution in [3.05, 3.63) is 10.9 Å². The summed E-state index contributed by atoms with van der Waals surface area (Å²) < 4.78 is 5.49. The van der Waals surface area contributed by atoms with Crippen LogP contribution in [0.1, 0.15) is 11.8 Å². The fourth-order valence-electron chi connectivity index (χ4n) is 1.37. The maximum Gasteiger partial charge on any atom is 0.227 e. The van der Waals surface area contributed by atoms with E-state index in [2.05, 4.69) is 28.3 Å². The highest BCUT2D eigenvalue weighted by Crippen LogP contribution is 2.30. The lowest BCUT2D eigenvalue weighted by atomic mass is 10.3. The zero-order chi connectivity index (χ0) is 10.8. The molecule has 0 atom stereocenters. The molecule has 2 aromatic heterocycles. The lowest BCUT2D eigenvalue weighted by Crippen LogP contribution is -2.00. The predicted molar refractivity (Wildman–Crippen MR) is 62.9 cm³/mol. The van der Waals surface area contributed by atoms with Crippen LogP contribution in [-0.4, -0.2) is 23.6 Å². The molecule has 0 aliphatic carbocycles.